The number of imide groups is 1. The van der Waals surface area contributed by atoms with Gasteiger partial charge in [0.25, 0.3) is 11.1 Å². The molecule has 0 aliphatic carbocycles. The Balaban J connectivity index is 1.56. The van der Waals surface area contributed by atoms with Gasteiger partial charge in [0.2, 0.25) is 5.91 Å². The summed E-state index contributed by atoms with van der Waals surface area (Å²) in [5.74, 6) is -0.542. The Morgan fingerprint density at radius 3 is 2.58 bits per heavy atom. The molecule has 0 saturated carbocycles. The van der Waals surface area contributed by atoms with E-state index in [-0.39, 0.29) is 23.6 Å². The number of aromatic nitrogens is 1. The van der Waals surface area contributed by atoms with Crippen molar-refractivity contribution >= 4 is 57.5 Å². The van der Waals surface area contributed by atoms with Crippen LogP contribution in [0.25, 0.3) is 11.8 Å². The lowest BCUT2D eigenvalue weighted by Crippen LogP contribution is -2.44. The maximum atomic E-state index is 12.9. The minimum absolute atomic E-state index is 0.153. The van der Waals surface area contributed by atoms with Gasteiger partial charge < -0.3 is 9.47 Å². The fraction of sp³-hybridized carbons (Fsp3) is 0.348. The third-order valence-electron chi connectivity index (χ3n) is 5.70. The molecule has 0 spiro atoms. The van der Waals surface area contributed by atoms with E-state index in [2.05, 4.69) is 33.2 Å². The van der Waals surface area contributed by atoms with Gasteiger partial charge in [0, 0.05) is 33.7 Å². The number of amides is 3. The van der Waals surface area contributed by atoms with E-state index in [1.54, 1.807) is 11.0 Å². The average molecular weight is 549 g/mol. The fourth-order valence-electron chi connectivity index (χ4n) is 4.10. The van der Waals surface area contributed by atoms with Crippen molar-refractivity contribution < 1.29 is 14.4 Å². The molecular formula is C23H24IN3O3S. The van der Waals surface area contributed by atoms with E-state index in [1.807, 2.05) is 38.1 Å². The summed E-state index contributed by atoms with van der Waals surface area (Å²) in [6, 6.07) is 10.2. The predicted octanol–water partition coefficient (Wildman–Crippen LogP) is 4.75. The van der Waals surface area contributed by atoms with Crippen molar-refractivity contribution in [2.45, 2.75) is 33.1 Å². The lowest BCUT2D eigenvalue weighted by Gasteiger charge is -2.27. The number of nitrogens with zero attached hydrogens (tertiary/aromatic N) is 3. The smallest absolute Gasteiger partial charge is 0.294 e. The van der Waals surface area contributed by atoms with Gasteiger partial charge in [0.05, 0.1) is 4.91 Å². The van der Waals surface area contributed by atoms with Crippen LogP contribution in [0.3, 0.4) is 0 Å². The summed E-state index contributed by atoms with van der Waals surface area (Å²) in [5, 5.41) is -0.381. The lowest BCUT2D eigenvalue weighted by molar-refractivity contribution is -0.136. The number of carbonyl (C=O) groups excluding carboxylic acids is 3. The first-order chi connectivity index (χ1) is 14.8. The Kier molecular flexibility index (Phi) is 6.57. The summed E-state index contributed by atoms with van der Waals surface area (Å²) in [6.45, 7) is 5.25. The fourth-order valence-corrected chi connectivity index (χ4v) is 5.46. The van der Waals surface area contributed by atoms with Crippen LogP contribution in [-0.2, 0) is 9.59 Å². The number of likely N-dealkylation sites (tertiary alicyclic amines) is 1. The number of hydrogen-bond donors (Lipinski definition) is 0. The minimum atomic E-state index is -0.389. The van der Waals surface area contributed by atoms with Crippen LogP contribution < -0.4 is 0 Å². The summed E-state index contributed by atoms with van der Waals surface area (Å²) in [5.41, 5.74) is 3.99. The predicted molar refractivity (Wildman–Crippen MR) is 131 cm³/mol. The zero-order valence-corrected chi connectivity index (χ0v) is 20.5. The van der Waals surface area contributed by atoms with Gasteiger partial charge in [0.1, 0.15) is 6.54 Å². The molecule has 0 unspecified atom stereocenters. The number of halogens is 1. The molecule has 1 aromatic carbocycles. The highest BCUT2D eigenvalue weighted by atomic mass is 127. The van der Waals surface area contributed by atoms with Crippen LogP contribution in [-0.4, -0.2) is 51.1 Å². The summed E-state index contributed by atoms with van der Waals surface area (Å²) in [4.78, 5) is 41.1. The molecule has 0 radical (unpaired) electrons. The zero-order chi connectivity index (χ0) is 22.1. The number of aryl methyl sites for hydroxylation is 1. The van der Waals surface area contributed by atoms with Crippen molar-refractivity contribution in [2.24, 2.45) is 0 Å². The van der Waals surface area contributed by atoms with Gasteiger partial charge in [-0.3, -0.25) is 19.3 Å². The summed E-state index contributed by atoms with van der Waals surface area (Å²) < 4.78 is 3.28. The highest BCUT2D eigenvalue weighted by Gasteiger charge is 2.37. The van der Waals surface area contributed by atoms with Crippen molar-refractivity contribution in [3.05, 3.63) is 55.8 Å². The van der Waals surface area contributed by atoms with Crippen LogP contribution in [0.1, 0.15) is 36.2 Å². The first-order valence-corrected chi connectivity index (χ1v) is 12.2. The van der Waals surface area contributed by atoms with Crippen molar-refractivity contribution in [3.8, 4) is 5.69 Å². The molecule has 0 N–H and O–H groups in total. The van der Waals surface area contributed by atoms with Gasteiger partial charge in [-0.15, -0.1) is 0 Å². The van der Waals surface area contributed by atoms with Crippen molar-refractivity contribution in [3.63, 3.8) is 0 Å². The summed E-state index contributed by atoms with van der Waals surface area (Å²) in [6.07, 6.45) is 4.84. The van der Waals surface area contributed by atoms with Gasteiger partial charge in [-0.05, 0) is 103 Å². The van der Waals surface area contributed by atoms with Crippen LogP contribution in [0, 0.1) is 17.4 Å². The van der Waals surface area contributed by atoms with Gasteiger partial charge in [-0.1, -0.05) is 6.07 Å². The van der Waals surface area contributed by atoms with Crippen LogP contribution >= 0.6 is 34.4 Å². The number of rotatable bonds is 4. The Bertz CT molecular complexity index is 1090. The Morgan fingerprint density at radius 1 is 1.13 bits per heavy atom. The highest BCUT2D eigenvalue weighted by molar-refractivity contribution is 14.1. The number of hydrogen-bond acceptors (Lipinski definition) is 4. The van der Waals surface area contributed by atoms with E-state index >= 15 is 0 Å². The molecule has 0 atom stereocenters. The Morgan fingerprint density at radius 2 is 1.87 bits per heavy atom. The minimum Gasteiger partial charge on any atom is -0.341 e. The third kappa shape index (κ3) is 4.59. The molecule has 31 heavy (non-hydrogen) atoms. The van der Waals surface area contributed by atoms with E-state index in [1.165, 1.54) is 0 Å². The lowest BCUT2D eigenvalue weighted by atomic mass is 10.1. The zero-order valence-electron chi connectivity index (χ0n) is 17.6. The van der Waals surface area contributed by atoms with Crippen LogP contribution in [0.5, 0.6) is 0 Å². The third-order valence-corrected chi connectivity index (χ3v) is 7.28. The molecule has 0 bridgehead atoms. The van der Waals surface area contributed by atoms with Crippen molar-refractivity contribution in [1.82, 2.24) is 14.4 Å². The SMILES string of the molecule is Cc1cc(/C=C2\SC(=O)N(CC(=O)N3CCCCC3)C2=O)c(C)n1-c1cccc(I)c1. The Labute approximate surface area is 199 Å². The van der Waals surface area contributed by atoms with Gasteiger partial charge in [0.15, 0.2) is 0 Å². The second-order valence-corrected chi connectivity index (χ2v) is 10.1. The number of carbonyl (C=O) groups is 3. The number of benzene rings is 1. The maximum absolute atomic E-state index is 12.9. The molecule has 8 heteroatoms. The second kappa shape index (κ2) is 9.20. The van der Waals surface area contributed by atoms with E-state index < -0.39 is 0 Å². The summed E-state index contributed by atoms with van der Waals surface area (Å²) >= 11 is 3.19. The van der Waals surface area contributed by atoms with Crippen molar-refractivity contribution in [2.75, 3.05) is 19.6 Å². The largest absolute Gasteiger partial charge is 0.341 e. The molecule has 2 aliphatic heterocycles. The molecule has 6 nitrogen and oxygen atoms in total. The van der Waals surface area contributed by atoms with Crippen molar-refractivity contribution in [1.29, 1.82) is 0 Å². The molecule has 2 saturated heterocycles. The molecule has 2 aromatic rings. The van der Waals surface area contributed by atoms with Crippen LogP contribution in [0.2, 0.25) is 0 Å². The first-order valence-electron chi connectivity index (χ1n) is 10.3. The molecule has 3 amide bonds. The van der Waals surface area contributed by atoms with E-state index in [0.717, 1.165) is 62.1 Å². The molecule has 162 valence electrons. The molecule has 2 aliphatic rings. The van der Waals surface area contributed by atoms with Crippen LogP contribution in [0.15, 0.2) is 35.2 Å². The molecule has 2 fully saturated rings. The van der Waals surface area contributed by atoms with Crippen LogP contribution in [0.4, 0.5) is 4.79 Å². The number of thioether (sulfide) groups is 1. The van der Waals surface area contributed by atoms with E-state index in [4.69, 9.17) is 0 Å². The topological polar surface area (TPSA) is 62.6 Å². The van der Waals surface area contributed by atoms with E-state index in [9.17, 15) is 14.4 Å². The molecule has 3 heterocycles. The quantitative estimate of drug-likeness (QED) is 0.408. The maximum Gasteiger partial charge on any atom is 0.294 e. The number of piperidine rings is 1. The first kappa shape index (κ1) is 22.1. The monoisotopic (exact) mass is 549 g/mol. The van der Waals surface area contributed by atoms with Gasteiger partial charge >= 0.3 is 0 Å². The molecular weight excluding hydrogens is 525 g/mol. The molecule has 4 rings (SSSR count). The second-order valence-electron chi connectivity index (χ2n) is 7.85. The van der Waals surface area contributed by atoms with Gasteiger partial charge in [-0.2, -0.15) is 0 Å². The standard InChI is InChI=1S/C23H24IN3O3S/c1-15-11-17(16(2)27(15)19-8-6-7-18(24)13-19)12-20-22(29)26(23(30)31-20)14-21(28)25-9-4-3-5-10-25/h6-8,11-13H,3-5,9-10,14H2,1-2H3/b20-12-. The Hall–Kier alpha value is -2.07. The normalized spacial score (nSPS) is 18.4. The highest BCUT2D eigenvalue weighted by Crippen LogP contribution is 2.34. The summed E-state index contributed by atoms with van der Waals surface area (Å²) in [7, 11) is 0. The molecule has 1 aromatic heterocycles. The average Bonchev–Trinajstić information content (AvgIpc) is 3.18. The van der Waals surface area contributed by atoms with E-state index in [0.29, 0.717) is 18.0 Å². The van der Waals surface area contributed by atoms with Gasteiger partial charge in [-0.25, -0.2) is 0 Å².